The fraction of sp³-hybridized carbons (Fsp3) is 0.211. The van der Waals surface area contributed by atoms with Gasteiger partial charge < -0.3 is 5.32 Å². The average molecular weight is 446 g/mol. The smallest absolute Gasteiger partial charge is 0.337 e. The Hall–Kier alpha value is -3.44. The molecule has 0 saturated heterocycles. The van der Waals surface area contributed by atoms with E-state index in [9.17, 15) is 35.5 Å². The van der Waals surface area contributed by atoms with E-state index in [1.165, 1.54) is 6.92 Å². The third kappa shape index (κ3) is 4.84. The number of carbonyl (C=O) groups is 1. The fourth-order valence-electron chi connectivity index (χ4n) is 2.76. The van der Waals surface area contributed by atoms with Crippen molar-refractivity contribution in [3.63, 3.8) is 0 Å². The molecule has 2 aromatic heterocycles. The van der Waals surface area contributed by atoms with E-state index in [1.54, 1.807) is 0 Å². The summed E-state index contributed by atoms with van der Waals surface area (Å²) in [5.41, 5.74) is -1.55. The van der Waals surface area contributed by atoms with Crippen LogP contribution in [0.25, 0.3) is 5.82 Å². The number of aromatic nitrogens is 3. The monoisotopic (exact) mass is 446 g/mol. The van der Waals surface area contributed by atoms with Gasteiger partial charge in [-0.2, -0.15) is 31.4 Å². The minimum Gasteiger partial charge on any atom is -0.337 e. The number of pyridine rings is 1. The number of alkyl halides is 6. The molecule has 164 valence electrons. The van der Waals surface area contributed by atoms with Crippen LogP contribution < -0.4 is 5.32 Å². The maximum atomic E-state index is 13.5. The standard InChI is InChI=1S/C19H13F7N4O/c1-10-14(9-28-30(10)15-7-4-12(8-27-15)18(21,22)23)17(31)29-16(19(24,25)26)11-2-5-13(20)6-3-11/h2-9,16H,1H3,(H,29,31). The van der Waals surface area contributed by atoms with Gasteiger partial charge in [0.2, 0.25) is 0 Å². The molecule has 0 fully saturated rings. The summed E-state index contributed by atoms with van der Waals surface area (Å²) in [5, 5.41) is 5.67. The van der Waals surface area contributed by atoms with E-state index in [4.69, 9.17) is 0 Å². The van der Waals surface area contributed by atoms with Crippen molar-refractivity contribution in [1.29, 1.82) is 0 Å². The summed E-state index contributed by atoms with van der Waals surface area (Å²) in [7, 11) is 0. The van der Waals surface area contributed by atoms with Crippen LogP contribution in [0.15, 0.2) is 48.8 Å². The van der Waals surface area contributed by atoms with Crippen molar-refractivity contribution in [2.24, 2.45) is 0 Å². The first-order chi connectivity index (χ1) is 14.4. The lowest BCUT2D eigenvalue weighted by Gasteiger charge is -2.22. The normalized spacial score (nSPS) is 13.2. The van der Waals surface area contributed by atoms with Gasteiger partial charge in [-0.25, -0.2) is 14.1 Å². The van der Waals surface area contributed by atoms with Gasteiger partial charge in [-0.15, -0.1) is 0 Å². The average Bonchev–Trinajstić information content (AvgIpc) is 3.07. The van der Waals surface area contributed by atoms with Crippen LogP contribution in [0.4, 0.5) is 30.7 Å². The van der Waals surface area contributed by atoms with Gasteiger partial charge in [0.15, 0.2) is 11.9 Å². The molecule has 0 aliphatic carbocycles. The number of amides is 1. The van der Waals surface area contributed by atoms with Gasteiger partial charge in [0.1, 0.15) is 5.82 Å². The molecule has 2 heterocycles. The van der Waals surface area contributed by atoms with E-state index in [0.717, 1.165) is 47.3 Å². The van der Waals surface area contributed by atoms with Crippen molar-refractivity contribution in [1.82, 2.24) is 20.1 Å². The predicted octanol–water partition coefficient (Wildman–Crippen LogP) is 4.77. The summed E-state index contributed by atoms with van der Waals surface area (Å²) in [4.78, 5) is 16.1. The molecule has 12 heteroatoms. The zero-order valence-corrected chi connectivity index (χ0v) is 15.6. The fourth-order valence-corrected chi connectivity index (χ4v) is 2.76. The quantitative estimate of drug-likeness (QED) is 0.588. The third-order valence-electron chi connectivity index (χ3n) is 4.35. The van der Waals surface area contributed by atoms with Crippen LogP contribution in [0.5, 0.6) is 0 Å². The van der Waals surface area contributed by atoms with Crippen LogP contribution in [0.2, 0.25) is 0 Å². The van der Waals surface area contributed by atoms with E-state index in [0.29, 0.717) is 6.20 Å². The van der Waals surface area contributed by atoms with Crippen LogP contribution in [0, 0.1) is 12.7 Å². The lowest BCUT2D eigenvalue weighted by Crippen LogP contribution is -2.38. The molecule has 1 unspecified atom stereocenters. The lowest BCUT2D eigenvalue weighted by atomic mass is 10.1. The van der Waals surface area contributed by atoms with E-state index in [-0.39, 0.29) is 22.6 Å². The summed E-state index contributed by atoms with van der Waals surface area (Å²) >= 11 is 0. The summed E-state index contributed by atoms with van der Waals surface area (Å²) in [6.07, 6.45) is -7.92. The van der Waals surface area contributed by atoms with Crippen LogP contribution in [0.1, 0.15) is 33.2 Å². The molecule has 5 nitrogen and oxygen atoms in total. The van der Waals surface area contributed by atoms with Gasteiger partial charge in [0.25, 0.3) is 5.91 Å². The molecule has 0 saturated carbocycles. The Morgan fingerprint density at radius 2 is 1.65 bits per heavy atom. The van der Waals surface area contributed by atoms with Gasteiger partial charge in [-0.3, -0.25) is 4.79 Å². The van der Waals surface area contributed by atoms with Gasteiger partial charge in [-0.05, 0) is 36.8 Å². The molecule has 1 amide bonds. The Balaban J connectivity index is 1.87. The highest BCUT2D eigenvalue weighted by atomic mass is 19.4. The Morgan fingerprint density at radius 1 is 1.00 bits per heavy atom. The number of rotatable bonds is 4. The second kappa shape index (κ2) is 8.00. The number of benzene rings is 1. The Kier molecular flexibility index (Phi) is 5.74. The van der Waals surface area contributed by atoms with Crippen molar-refractivity contribution >= 4 is 5.91 Å². The molecule has 1 N–H and O–H groups in total. The topological polar surface area (TPSA) is 59.8 Å². The number of halogens is 7. The molecular weight excluding hydrogens is 433 g/mol. The van der Waals surface area contributed by atoms with Crippen LogP contribution in [-0.2, 0) is 6.18 Å². The number of hydrogen-bond donors (Lipinski definition) is 1. The minimum absolute atomic E-state index is 0.0598. The predicted molar refractivity (Wildman–Crippen MR) is 93.8 cm³/mol. The zero-order chi connectivity index (χ0) is 23.0. The number of carbonyl (C=O) groups excluding carboxylic acids is 1. The van der Waals surface area contributed by atoms with Crippen molar-refractivity contribution in [3.05, 3.63) is 77.0 Å². The van der Waals surface area contributed by atoms with Crippen LogP contribution >= 0.6 is 0 Å². The van der Waals surface area contributed by atoms with Crippen molar-refractivity contribution in [2.45, 2.75) is 25.3 Å². The zero-order valence-electron chi connectivity index (χ0n) is 15.6. The molecule has 31 heavy (non-hydrogen) atoms. The van der Waals surface area contributed by atoms with Crippen molar-refractivity contribution in [2.75, 3.05) is 0 Å². The number of nitrogens with one attached hydrogen (secondary N) is 1. The molecule has 1 aromatic carbocycles. The third-order valence-corrected chi connectivity index (χ3v) is 4.35. The summed E-state index contributed by atoms with van der Waals surface area (Å²) in [5.74, 6) is -1.92. The molecular formula is C19H13F7N4O. The molecule has 0 aliphatic rings. The first-order valence-electron chi connectivity index (χ1n) is 8.59. The molecule has 3 aromatic rings. The highest BCUT2D eigenvalue weighted by molar-refractivity contribution is 5.95. The lowest BCUT2D eigenvalue weighted by molar-refractivity contribution is -0.155. The Bertz CT molecular complexity index is 1070. The Labute approximate surface area is 170 Å². The highest BCUT2D eigenvalue weighted by Crippen LogP contribution is 2.33. The highest BCUT2D eigenvalue weighted by Gasteiger charge is 2.42. The van der Waals surface area contributed by atoms with E-state index in [2.05, 4.69) is 10.1 Å². The van der Waals surface area contributed by atoms with Crippen LogP contribution in [-0.4, -0.2) is 26.8 Å². The minimum atomic E-state index is -4.87. The van der Waals surface area contributed by atoms with Gasteiger partial charge >= 0.3 is 12.4 Å². The first-order valence-corrected chi connectivity index (χ1v) is 8.59. The second-order valence-electron chi connectivity index (χ2n) is 6.46. The SMILES string of the molecule is Cc1c(C(=O)NC(c2ccc(F)cc2)C(F)(F)F)cnn1-c1ccc(C(F)(F)F)cn1. The maximum absolute atomic E-state index is 13.5. The number of hydrogen-bond acceptors (Lipinski definition) is 3. The summed E-state index contributed by atoms with van der Waals surface area (Å²) in [6.45, 7) is 1.35. The number of nitrogens with zero attached hydrogens (tertiary/aromatic N) is 3. The molecule has 3 rings (SSSR count). The van der Waals surface area contributed by atoms with Crippen LogP contribution in [0.3, 0.4) is 0 Å². The first kappa shape index (κ1) is 22.2. The van der Waals surface area contributed by atoms with Gasteiger partial charge in [0.05, 0.1) is 23.0 Å². The van der Waals surface area contributed by atoms with E-state index < -0.39 is 35.7 Å². The molecule has 0 radical (unpaired) electrons. The molecule has 0 spiro atoms. The molecule has 0 aliphatic heterocycles. The largest absolute Gasteiger partial charge is 0.417 e. The second-order valence-corrected chi connectivity index (χ2v) is 6.46. The van der Waals surface area contributed by atoms with E-state index in [1.807, 2.05) is 5.32 Å². The molecule has 1 atom stereocenters. The van der Waals surface area contributed by atoms with Crippen molar-refractivity contribution in [3.8, 4) is 5.82 Å². The Morgan fingerprint density at radius 3 is 2.16 bits per heavy atom. The molecule has 0 bridgehead atoms. The maximum Gasteiger partial charge on any atom is 0.417 e. The summed E-state index contributed by atoms with van der Waals surface area (Å²) in [6, 6.07) is 2.83. The van der Waals surface area contributed by atoms with Gasteiger partial charge in [-0.1, -0.05) is 12.1 Å². The summed E-state index contributed by atoms with van der Waals surface area (Å²) < 4.78 is 92.4. The van der Waals surface area contributed by atoms with Crippen molar-refractivity contribution < 1.29 is 35.5 Å². The van der Waals surface area contributed by atoms with Gasteiger partial charge in [0, 0.05) is 6.20 Å². The van der Waals surface area contributed by atoms with E-state index >= 15 is 0 Å².